The number of likely N-dealkylation sites (tertiary alicyclic amines) is 1. The molecule has 2 aromatic rings. The molecule has 2 atom stereocenters. The molecule has 1 aliphatic heterocycles. The number of hydrogen-bond acceptors (Lipinski definition) is 3. The van der Waals surface area contributed by atoms with Crippen LogP contribution in [0.4, 0.5) is 4.39 Å². The number of aromatic nitrogens is 2. The summed E-state index contributed by atoms with van der Waals surface area (Å²) in [5.74, 6) is -0.425. The second kappa shape index (κ2) is 7.17. The summed E-state index contributed by atoms with van der Waals surface area (Å²) in [6.07, 6.45) is 3.08. The molecule has 2 heterocycles. The highest BCUT2D eigenvalue weighted by atomic mass is 19.1. The van der Waals surface area contributed by atoms with Crippen LogP contribution in [0.2, 0.25) is 0 Å². The van der Waals surface area contributed by atoms with E-state index in [1.54, 1.807) is 18.2 Å². The van der Waals surface area contributed by atoms with Crippen LogP contribution in [0.1, 0.15) is 33.1 Å². The molecule has 0 saturated carbocycles. The van der Waals surface area contributed by atoms with Gasteiger partial charge in [0.05, 0.1) is 5.69 Å². The van der Waals surface area contributed by atoms with Crippen LogP contribution < -0.4 is 5.56 Å². The third-order valence-electron chi connectivity index (χ3n) is 4.77. The van der Waals surface area contributed by atoms with Crippen LogP contribution in [-0.2, 0) is 11.3 Å². The van der Waals surface area contributed by atoms with Crippen molar-refractivity contribution in [3.8, 4) is 11.3 Å². The second-order valence-corrected chi connectivity index (χ2v) is 6.65. The monoisotopic (exact) mass is 343 g/mol. The highest BCUT2D eigenvalue weighted by Gasteiger charge is 2.29. The van der Waals surface area contributed by atoms with E-state index in [2.05, 4.69) is 5.10 Å². The molecule has 0 spiro atoms. The van der Waals surface area contributed by atoms with E-state index in [9.17, 15) is 14.0 Å². The molecular weight excluding hydrogens is 321 g/mol. The van der Waals surface area contributed by atoms with E-state index in [1.165, 1.54) is 22.9 Å². The van der Waals surface area contributed by atoms with Crippen LogP contribution in [0.25, 0.3) is 11.3 Å². The quantitative estimate of drug-likeness (QED) is 0.861. The molecular formula is C19H22FN3O2. The molecule has 0 bridgehead atoms. The minimum absolute atomic E-state index is 0.0808. The van der Waals surface area contributed by atoms with Crippen LogP contribution in [0.5, 0.6) is 0 Å². The van der Waals surface area contributed by atoms with Gasteiger partial charge in [0.2, 0.25) is 5.91 Å². The first-order valence-electron chi connectivity index (χ1n) is 8.61. The van der Waals surface area contributed by atoms with Gasteiger partial charge in [-0.2, -0.15) is 5.10 Å². The molecule has 1 saturated heterocycles. The zero-order valence-corrected chi connectivity index (χ0v) is 14.5. The molecule has 3 rings (SSSR count). The van der Waals surface area contributed by atoms with Gasteiger partial charge in [0.25, 0.3) is 5.56 Å². The zero-order chi connectivity index (χ0) is 18.0. The minimum atomic E-state index is -0.333. The van der Waals surface area contributed by atoms with Crippen molar-refractivity contribution in [1.29, 1.82) is 0 Å². The summed E-state index contributed by atoms with van der Waals surface area (Å²) in [7, 11) is 0. The summed E-state index contributed by atoms with van der Waals surface area (Å²) in [6.45, 7) is 4.00. The molecule has 5 nitrogen and oxygen atoms in total. The highest BCUT2D eigenvalue weighted by Crippen LogP contribution is 2.23. The maximum absolute atomic E-state index is 13.1. The highest BCUT2D eigenvalue weighted by molar-refractivity contribution is 5.76. The Morgan fingerprint density at radius 1 is 1.12 bits per heavy atom. The van der Waals surface area contributed by atoms with Gasteiger partial charge in [0, 0.05) is 23.7 Å². The Morgan fingerprint density at radius 2 is 1.76 bits per heavy atom. The van der Waals surface area contributed by atoms with E-state index >= 15 is 0 Å². The Morgan fingerprint density at radius 3 is 2.40 bits per heavy atom. The van der Waals surface area contributed by atoms with Crippen molar-refractivity contribution in [2.75, 3.05) is 0 Å². The van der Waals surface area contributed by atoms with Gasteiger partial charge in [-0.3, -0.25) is 9.59 Å². The number of piperidine rings is 1. The van der Waals surface area contributed by atoms with Crippen LogP contribution in [-0.4, -0.2) is 32.7 Å². The fourth-order valence-electron chi connectivity index (χ4n) is 3.46. The van der Waals surface area contributed by atoms with E-state index in [1.807, 2.05) is 18.7 Å². The summed E-state index contributed by atoms with van der Waals surface area (Å²) in [5, 5.41) is 4.29. The van der Waals surface area contributed by atoms with Crippen LogP contribution >= 0.6 is 0 Å². The van der Waals surface area contributed by atoms with Gasteiger partial charge in [-0.25, -0.2) is 9.07 Å². The smallest absolute Gasteiger partial charge is 0.267 e. The van der Waals surface area contributed by atoms with Crippen LogP contribution in [0.15, 0.2) is 41.2 Å². The lowest BCUT2D eigenvalue weighted by molar-refractivity contribution is -0.138. The average molecular weight is 343 g/mol. The van der Waals surface area contributed by atoms with Crippen molar-refractivity contribution in [3.05, 3.63) is 52.6 Å². The van der Waals surface area contributed by atoms with Crippen molar-refractivity contribution in [2.45, 2.75) is 51.7 Å². The maximum atomic E-state index is 13.1. The second-order valence-electron chi connectivity index (χ2n) is 6.65. The molecule has 0 N–H and O–H groups in total. The van der Waals surface area contributed by atoms with E-state index in [0.29, 0.717) is 11.3 Å². The number of halogens is 1. The van der Waals surface area contributed by atoms with Gasteiger partial charge >= 0.3 is 0 Å². The van der Waals surface area contributed by atoms with Crippen LogP contribution in [0, 0.1) is 5.82 Å². The molecule has 1 aromatic heterocycles. The van der Waals surface area contributed by atoms with Gasteiger partial charge in [0.1, 0.15) is 12.4 Å². The number of carbonyl (C=O) groups is 1. The minimum Gasteiger partial charge on any atom is -0.336 e. The molecule has 6 heteroatoms. The molecule has 1 aliphatic rings. The third kappa shape index (κ3) is 3.78. The molecule has 0 unspecified atom stereocenters. The first-order valence-corrected chi connectivity index (χ1v) is 8.61. The van der Waals surface area contributed by atoms with E-state index in [4.69, 9.17) is 0 Å². The Kier molecular flexibility index (Phi) is 4.97. The molecule has 0 aliphatic carbocycles. The lowest BCUT2D eigenvalue weighted by Crippen LogP contribution is -2.49. The Labute approximate surface area is 146 Å². The molecule has 0 radical (unpaired) electrons. The number of rotatable bonds is 3. The number of carbonyl (C=O) groups excluding carboxylic acids is 1. The lowest BCUT2D eigenvalue weighted by atomic mass is 9.97. The Bertz CT molecular complexity index is 806. The van der Waals surface area contributed by atoms with Crippen molar-refractivity contribution in [3.63, 3.8) is 0 Å². The van der Waals surface area contributed by atoms with E-state index < -0.39 is 0 Å². The molecule has 1 amide bonds. The average Bonchev–Trinajstić information content (AvgIpc) is 2.57. The molecule has 132 valence electrons. The molecule has 1 fully saturated rings. The standard InChI is InChI=1S/C19H22FN3O2/c1-13-4-3-5-14(2)23(13)19(25)12-22-18(24)11-10-17(21-22)15-6-8-16(20)9-7-15/h6-11,13-14H,3-5,12H2,1-2H3/t13-,14+. The maximum Gasteiger partial charge on any atom is 0.267 e. The number of hydrogen-bond donors (Lipinski definition) is 0. The van der Waals surface area contributed by atoms with Gasteiger partial charge in [-0.15, -0.1) is 0 Å². The lowest BCUT2D eigenvalue weighted by Gasteiger charge is -2.39. The number of benzene rings is 1. The van der Waals surface area contributed by atoms with Gasteiger partial charge in [-0.1, -0.05) is 0 Å². The number of nitrogens with zero attached hydrogens (tertiary/aromatic N) is 3. The van der Waals surface area contributed by atoms with Gasteiger partial charge < -0.3 is 4.90 Å². The summed E-state index contributed by atoms with van der Waals surface area (Å²) < 4.78 is 14.3. The predicted octanol–water partition coefficient (Wildman–Crippen LogP) is 2.84. The van der Waals surface area contributed by atoms with Crippen LogP contribution in [0.3, 0.4) is 0 Å². The Hall–Kier alpha value is -2.50. The van der Waals surface area contributed by atoms with E-state index in [-0.39, 0.29) is 35.9 Å². The predicted molar refractivity (Wildman–Crippen MR) is 93.5 cm³/mol. The third-order valence-corrected chi connectivity index (χ3v) is 4.77. The zero-order valence-electron chi connectivity index (χ0n) is 14.5. The first-order chi connectivity index (χ1) is 12.0. The van der Waals surface area contributed by atoms with Crippen molar-refractivity contribution in [1.82, 2.24) is 14.7 Å². The van der Waals surface area contributed by atoms with Gasteiger partial charge in [-0.05, 0) is 63.4 Å². The topological polar surface area (TPSA) is 55.2 Å². The fraction of sp³-hybridized carbons (Fsp3) is 0.421. The largest absolute Gasteiger partial charge is 0.336 e. The summed E-state index contributed by atoms with van der Waals surface area (Å²) >= 11 is 0. The summed E-state index contributed by atoms with van der Waals surface area (Å²) in [4.78, 5) is 26.7. The van der Waals surface area contributed by atoms with Crippen molar-refractivity contribution < 1.29 is 9.18 Å². The normalized spacial score (nSPS) is 20.5. The summed E-state index contributed by atoms with van der Waals surface area (Å²) in [5.41, 5.74) is 0.908. The van der Waals surface area contributed by atoms with Gasteiger partial charge in [0.15, 0.2) is 0 Å². The Balaban J connectivity index is 1.84. The molecule has 25 heavy (non-hydrogen) atoms. The fourth-order valence-corrected chi connectivity index (χ4v) is 3.46. The van der Waals surface area contributed by atoms with E-state index in [0.717, 1.165) is 19.3 Å². The van der Waals surface area contributed by atoms with Crippen molar-refractivity contribution in [2.24, 2.45) is 0 Å². The molecule has 1 aromatic carbocycles. The first kappa shape index (κ1) is 17.3. The summed E-state index contributed by atoms with van der Waals surface area (Å²) in [6, 6.07) is 9.21. The SMILES string of the molecule is C[C@@H]1CCC[C@H](C)N1C(=O)Cn1nc(-c2ccc(F)cc2)ccc1=O. The number of amides is 1. The van der Waals surface area contributed by atoms with Crippen molar-refractivity contribution >= 4 is 5.91 Å².